The van der Waals surface area contributed by atoms with Crippen molar-refractivity contribution in [3.05, 3.63) is 34.9 Å². The first-order valence-corrected chi connectivity index (χ1v) is 6.45. The van der Waals surface area contributed by atoms with E-state index in [0.717, 1.165) is 5.56 Å². The average molecular weight is 299 g/mol. The van der Waals surface area contributed by atoms with Crippen LogP contribution in [-0.4, -0.2) is 30.9 Å². The predicted octanol–water partition coefficient (Wildman–Crippen LogP) is 1.95. The lowest BCUT2D eigenvalue weighted by atomic mass is 10.2. The summed E-state index contributed by atoms with van der Waals surface area (Å²) in [5, 5.41) is 0.576. The third-order valence-electron chi connectivity index (χ3n) is 2.42. The lowest BCUT2D eigenvalue weighted by Crippen LogP contribution is -2.22. The summed E-state index contributed by atoms with van der Waals surface area (Å²) in [5.74, 6) is -2.28. The van der Waals surface area contributed by atoms with Gasteiger partial charge in [0.15, 0.2) is 0 Å². The van der Waals surface area contributed by atoms with Gasteiger partial charge in [0.25, 0.3) is 0 Å². The second kappa shape index (κ2) is 8.32. The number of Topliss-reactive ketones (excluding diaryl/α,β-unsaturated/α-hetero) is 1. The van der Waals surface area contributed by atoms with E-state index < -0.39 is 11.9 Å². The number of hydrogen-bond acceptors (Lipinski definition) is 5. The maximum Gasteiger partial charge on any atom is 0.417 e. The molecule has 6 heteroatoms. The van der Waals surface area contributed by atoms with E-state index >= 15 is 0 Å². The maximum absolute atomic E-state index is 11.3. The highest BCUT2D eigenvalue weighted by atomic mass is 35.5. The van der Waals surface area contributed by atoms with Crippen molar-refractivity contribution in [2.24, 2.45) is 0 Å². The number of carbonyl (C=O) groups is 3. The monoisotopic (exact) mass is 298 g/mol. The standard InChI is InChI=1S/C14H15ClO5/c1-10(16)6-8-19-13(17)14(18)20-9-7-11-4-2-3-5-12(11)15/h2-5H,6-9H2,1H3. The second-order valence-electron chi connectivity index (χ2n) is 4.07. The highest BCUT2D eigenvalue weighted by Gasteiger charge is 2.17. The lowest BCUT2D eigenvalue weighted by Gasteiger charge is -2.06. The Labute approximate surface area is 121 Å². The van der Waals surface area contributed by atoms with Gasteiger partial charge in [-0.2, -0.15) is 0 Å². The van der Waals surface area contributed by atoms with Crippen molar-refractivity contribution in [3.8, 4) is 0 Å². The van der Waals surface area contributed by atoms with E-state index in [1.54, 1.807) is 18.2 Å². The summed E-state index contributed by atoms with van der Waals surface area (Å²) in [4.78, 5) is 33.1. The van der Waals surface area contributed by atoms with Crippen molar-refractivity contribution < 1.29 is 23.9 Å². The molecule has 0 aromatic heterocycles. The Morgan fingerprint density at radius 1 is 1.05 bits per heavy atom. The molecule has 0 saturated heterocycles. The van der Waals surface area contributed by atoms with Crippen LogP contribution in [0.4, 0.5) is 0 Å². The van der Waals surface area contributed by atoms with Crippen molar-refractivity contribution in [3.63, 3.8) is 0 Å². The van der Waals surface area contributed by atoms with Crippen molar-refractivity contribution >= 4 is 29.3 Å². The Balaban J connectivity index is 2.27. The van der Waals surface area contributed by atoms with Gasteiger partial charge in [-0.1, -0.05) is 29.8 Å². The van der Waals surface area contributed by atoms with Gasteiger partial charge in [-0.15, -0.1) is 0 Å². The molecule has 1 aromatic rings. The Bertz CT molecular complexity index is 498. The summed E-state index contributed by atoms with van der Waals surface area (Å²) < 4.78 is 9.34. The van der Waals surface area contributed by atoms with Gasteiger partial charge in [-0.05, 0) is 18.6 Å². The van der Waals surface area contributed by atoms with Crippen LogP contribution < -0.4 is 0 Å². The van der Waals surface area contributed by atoms with Gasteiger partial charge in [0.1, 0.15) is 5.78 Å². The minimum absolute atomic E-state index is 0.0321. The topological polar surface area (TPSA) is 69.7 Å². The fourth-order valence-electron chi connectivity index (χ4n) is 1.36. The van der Waals surface area contributed by atoms with Crippen molar-refractivity contribution in [2.45, 2.75) is 19.8 Å². The molecule has 0 atom stereocenters. The number of ketones is 1. The quantitative estimate of drug-likeness (QED) is 0.593. The fraction of sp³-hybridized carbons (Fsp3) is 0.357. The predicted molar refractivity (Wildman–Crippen MR) is 72.4 cm³/mol. The van der Waals surface area contributed by atoms with E-state index in [2.05, 4.69) is 4.74 Å². The fourth-order valence-corrected chi connectivity index (χ4v) is 1.59. The van der Waals surface area contributed by atoms with Crippen molar-refractivity contribution in [1.82, 2.24) is 0 Å². The number of hydrogen-bond donors (Lipinski definition) is 0. The van der Waals surface area contributed by atoms with Gasteiger partial charge < -0.3 is 9.47 Å². The van der Waals surface area contributed by atoms with Gasteiger partial charge in [0.2, 0.25) is 0 Å². The molecule has 0 aliphatic carbocycles. The smallest absolute Gasteiger partial charge is 0.417 e. The van der Waals surface area contributed by atoms with E-state index in [1.807, 2.05) is 6.07 Å². The van der Waals surface area contributed by atoms with Gasteiger partial charge in [-0.25, -0.2) is 9.59 Å². The van der Waals surface area contributed by atoms with Gasteiger partial charge in [0.05, 0.1) is 13.2 Å². The molecular formula is C14H15ClO5. The molecule has 0 heterocycles. The number of halogens is 1. The molecule has 108 valence electrons. The number of carbonyl (C=O) groups excluding carboxylic acids is 3. The molecule has 0 radical (unpaired) electrons. The molecule has 20 heavy (non-hydrogen) atoms. The third kappa shape index (κ3) is 5.84. The molecule has 0 fully saturated rings. The first kappa shape index (κ1) is 16.2. The molecule has 0 spiro atoms. The summed E-state index contributed by atoms with van der Waals surface area (Å²) in [6.07, 6.45) is 0.491. The summed E-state index contributed by atoms with van der Waals surface area (Å²) in [6, 6.07) is 7.15. The third-order valence-corrected chi connectivity index (χ3v) is 2.79. The molecule has 0 unspecified atom stereocenters. The Hall–Kier alpha value is -1.88. The normalized spacial score (nSPS) is 9.90. The molecule has 0 bridgehead atoms. The second-order valence-corrected chi connectivity index (χ2v) is 4.47. The molecule has 5 nitrogen and oxygen atoms in total. The van der Waals surface area contributed by atoms with Gasteiger partial charge >= 0.3 is 11.9 Å². The number of esters is 2. The molecule has 0 amide bonds. The van der Waals surface area contributed by atoms with Crippen LogP contribution in [0.3, 0.4) is 0 Å². The minimum atomic E-state index is -1.09. The molecule has 1 aromatic carbocycles. The lowest BCUT2D eigenvalue weighted by molar-refractivity contribution is -0.167. The molecule has 0 N–H and O–H groups in total. The van der Waals surface area contributed by atoms with Crippen LogP contribution in [0, 0.1) is 0 Å². The average Bonchev–Trinajstić information content (AvgIpc) is 2.40. The Morgan fingerprint density at radius 2 is 1.65 bits per heavy atom. The largest absolute Gasteiger partial charge is 0.457 e. The van der Waals surface area contributed by atoms with E-state index in [9.17, 15) is 14.4 Å². The van der Waals surface area contributed by atoms with E-state index in [-0.39, 0.29) is 25.4 Å². The molecule has 1 rings (SSSR count). The molecule has 0 aliphatic heterocycles. The summed E-state index contributed by atoms with van der Waals surface area (Å²) >= 11 is 5.94. The van der Waals surface area contributed by atoms with Crippen LogP contribution in [0.25, 0.3) is 0 Å². The summed E-state index contributed by atoms with van der Waals surface area (Å²) in [7, 11) is 0. The zero-order valence-electron chi connectivity index (χ0n) is 11.1. The van der Waals surface area contributed by atoms with Crippen molar-refractivity contribution in [1.29, 1.82) is 0 Å². The van der Waals surface area contributed by atoms with E-state index in [0.29, 0.717) is 11.4 Å². The summed E-state index contributed by atoms with van der Waals surface area (Å²) in [6.45, 7) is 1.29. The molecule has 0 saturated carbocycles. The Morgan fingerprint density at radius 3 is 2.25 bits per heavy atom. The zero-order chi connectivity index (χ0) is 15.0. The Kier molecular flexibility index (Phi) is 6.73. The van der Waals surface area contributed by atoms with Gasteiger partial charge in [-0.3, -0.25) is 4.79 Å². The van der Waals surface area contributed by atoms with Gasteiger partial charge in [0, 0.05) is 17.9 Å². The van der Waals surface area contributed by atoms with Crippen LogP contribution >= 0.6 is 11.6 Å². The van der Waals surface area contributed by atoms with Crippen LogP contribution in [-0.2, 0) is 30.3 Å². The molecular weight excluding hydrogens is 284 g/mol. The SMILES string of the molecule is CC(=O)CCOC(=O)C(=O)OCCc1ccccc1Cl. The van der Waals surface area contributed by atoms with Crippen LogP contribution in [0.1, 0.15) is 18.9 Å². The number of ether oxygens (including phenoxy) is 2. The van der Waals surface area contributed by atoms with Crippen molar-refractivity contribution in [2.75, 3.05) is 13.2 Å². The van der Waals surface area contributed by atoms with Crippen LogP contribution in [0.5, 0.6) is 0 Å². The van der Waals surface area contributed by atoms with E-state index in [4.69, 9.17) is 16.3 Å². The molecule has 0 aliphatic rings. The zero-order valence-corrected chi connectivity index (χ0v) is 11.8. The van der Waals surface area contributed by atoms with Crippen LogP contribution in [0.2, 0.25) is 5.02 Å². The first-order chi connectivity index (χ1) is 9.50. The maximum atomic E-state index is 11.3. The van der Waals surface area contributed by atoms with Crippen LogP contribution in [0.15, 0.2) is 24.3 Å². The highest BCUT2D eigenvalue weighted by molar-refractivity contribution is 6.31. The number of rotatable bonds is 6. The van der Waals surface area contributed by atoms with E-state index in [1.165, 1.54) is 6.92 Å². The number of benzene rings is 1. The minimum Gasteiger partial charge on any atom is -0.457 e. The first-order valence-electron chi connectivity index (χ1n) is 6.07. The highest BCUT2D eigenvalue weighted by Crippen LogP contribution is 2.15. The summed E-state index contributed by atoms with van der Waals surface area (Å²) in [5.41, 5.74) is 0.826.